The number of carbonyl (C=O) groups is 2. The Hall–Kier alpha value is -2.18. The second-order valence-corrected chi connectivity index (χ2v) is 11.2. The average molecular weight is 480 g/mol. The number of amides is 2. The zero-order chi connectivity index (χ0) is 23.7. The first-order valence-corrected chi connectivity index (χ1v) is 13.9. The van der Waals surface area contributed by atoms with Crippen LogP contribution >= 0.6 is 11.3 Å². The van der Waals surface area contributed by atoms with Crippen LogP contribution in [0.3, 0.4) is 0 Å². The molecule has 2 aliphatic heterocycles. The predicted octanol–water partition coefficient (Wildman–Crippen LogP) is 4.64. The number of nitrogens with zero attached hydrogens (tertiary/aromatic N) is 3. The van der Waals surface area contributed by atoms with Gasteiger partial charge in [0.1, 0.15) is 0 Å². The van der Waals surface area contributed by atoms with Crippen LogP contribution in [0.5, 0.6) is 0 Å². The highest BCUT2D eigenvalue weighted by Crippen LogP contribution is 2.40. The van der Waals surface area contributed by atoms with Gasteiger partial charge in [0, 0.05) is 43.5 Å². The molecule has 3 aliphatic rings. The molecule has 0 radical (unpaired) electrons. The van der Waals surface area contributed by atoms with Crippen LogP contribution in [0.4, 0.5) is 0 Å². The SMILES string of the molecule is Cc1ccccc1C1c2ccsc2CCN1C(C)C(=O)N1CCCN(C(=O)C2CCCC2)CC1. The number of thiophene rings is 1. The van der Waals surface area contributed by atoms with E-state index in [-0.39, 0.29) is 23.9 Å². The molecule has 1 aromatic heterocycles. The van der Waals surface area contributed by atoms with E-state index in [0.717, 1.165) is 45.3 Å². The van der Waals surface area contributed by atoms with Gasteiger partial charge in [-0.15, -0.1) is 11.3 Å². The molecule has 0 spiro atoms. The van der Waals surface area contributed by atoms with Crippen LogP contribution in [0.15, 0.2) is 35.7 Å². The molecule has 34 heavy (non-hydrogen) atoms. The van der Waals surface area contributed by atoms with E-state index in [9.17, 15) is 9.59 Å². The Morgan fingerprint density at radius 3 is 2.44 bits per heavy atom. The normalized spacial score (nSPS) is 22.9. The third-order valence-electron chi connectivity index (χ3n) is 8.16. The summed E-state index contributed by atoms with van der Waals surface area (Å²) in [6.07, 6.45) is 6.29. The first kappa shape index (κ1) is 23.6. The molecular weight excluding hydrogens is 442 g/mol. The summed E-state index contributed by atoms with van der Waals surface area (Å²) in [4.78, 5) is 34.6. The Kier molecular flexibility index (Phi) is 7.07. The highest BCUT2D eigenvalue weighted by Gasteiger charge is 2.38. The highest BCUT2D eigenvalue weighted by molar-refractivity contribution is 7.10. The molecule has 182 valence electrons. The van der Waals surface area contributed by atoms with E-state index in [2.05, 4.69) is 54.5 Å². The van der Waals surface area contributed by atoms with E-state index in [0.29, 0.717) is 19.0 Å². The maximum absolute atomic E-state index is 13.8. The molecule has 2 fully saturated rings. The fourth-order valence-electron chi connectivity index (χ4n) is 6.19. The van der Waals surface area contributed by atoms with Gasteiger partial charge in [0.25, 0.3) is 0 Å². The number of benzene rings is 1. The predicted molar refractivity (Wildman–Crippen MR) is 137 cm³/mol. The lowest BCUT2D eigenvalue weighted by Gasteiger charge is -2.41. The minimum absolute atomic E-state index is 0.113. The van der Waals surface area contributed by atoms with Crippen LogP contribution < -0.4 is 0 Å². The minimum atomic E-state index is -0.199. The van der Waals surface area contributed by atoms with E-state index in [1.54, 1.807) is 0 Å². The maximum Gasteiger partial charge on any atom is 0.239 e. The molecular formula is C28H37N3O2S. The minimum Gasteiger partial charge on any atom is -0.341 e. The third-order valence-corrected chi connectivity index (χ3v) is 9.16. The molecule has 2 atom stereocenters. The van der Waals surface area contributed by atoms with Gasteiger partial charge in [-0.1, -0.05) is 37.1 Å². The topological polar surface area (TPSA) is 43.9 Å². The van der Waals surface area contributed by atoms with Crippen molar-refractivity contribution in [3.05, 3.63) is 57.3 Å². The summed E-state index contributed by atoms with van der Waals surface area (Å²) in [5.74, 6) is 0.733. The van der Waals surface area contributed by atoms with Crippen molar-refractivity contribution in [2.75, 3.05) is 32.7 Å². The second-order valence-electron chi connectivity index (χ2n) is 10.2. The Balaban J connectivity index is 1.32. The Labute approximate surface area is 207 Å². The van der Waals surface area contributed by atoms with Gasteiger partial charge in [-0.25, -0.2) is 0 Å². The van der Waals surface area contributed by atoms with E-state index >= 15 is 0 Å². The Morgan fingerprint density at radius 1 is 0.912 bits per heavy atom. The zero-order valence-electron chi connectivity index (χ0n) is 20.5. The van der Waals surface area contributed by atoms with Gasteiger partial charge in [-0.3, -0.25) is 14.5 Å². The summed E-state index contributed by atoms with van der Waals surface area (Å²) in [6, 6.07) is 10.8. The summed E-state index contributed by atoms with van der Waals surface area (Å²) in [6.45, 7) is 7.98. The summed E-state index contributed by atoms with van der Waals surface area (Å²) < 4.78 is 0. The summed E-state index contributed by atoms with van der Waals surface area (Å²) in [5, 5.41) is 2.19. The smallest absolute Gasteiger partial charge is 0.239 e. The molecule has 1 saturated carbocycles. The Morgan fingerprint density at radius 2 is 1.65 bits per heavy atom. The van der Waals surface area contributed by atoms with Crippen LogP contribution in [0.2, 0.25) is 0 Å². The van der Waals surface area contributed by atoms with Crippen LogP contribution in [-0.2, 0) is 16.0 Å². The molecule has 1 saturated heterocycles. The maximum atomic E-state index is 13.8. The molecule has 3 heterocycles. The van der Waals surface area contributed by atoms with Gasteiger partial charge < -0.3 is 9.80 Å². The number of hydrogen-bond donors (Lipinski definition) is 0. The van der Waals surface area contributed by atoms with Crippen molar-refractivity contribution < 1.29 is 9.59 Å². The molecule has 2 unspecified atom stereocenters. The van der Waals surface area contributed by atoms with Crippen LogP contribution in [0.1, 0.15) is 66.6 Å². The second kappa shape index (κ2) is 10.2. The summed E-state index contributed by atoms with van der Waals surface area (Å²) in [5.41, 5.74) is 3.92. The molecule has 2 amide bonds. The molecule has 1 aliphatic carbocycles. The van der Waals surface area contributed by atoms with E-state index < -0.39 is 0 Å². The van der Waals surface area contributed by atoms with E-state index in [1.165, 1.54) is 34.4 Å². The number of carbonyl (C=O) groups excluding carboxylic acids is 2. The molecule has 6 heteroatoms. The monoisotopic (exact) mass is 479 g/mol. The van der Waals surface area contributed by atoms with Gasteiger partial charge in [-0.05, 0) is 67.7 Å². The molecule has 2 aromatic rings. The fraction of sp³-hybridized carbons (Fsp3) is 0.571. The van der Waals surface area contributed by atoms with Crippen molar-refractivity contribution >= 4 is 23.2 Å². The largest absolute Gasteiger partial charge is 0.341 e. The van der Waals surface area contributed by atoms with Crippen molar-refractivity contribution in [1.82, 2.24) is 14.7 Å². The van der Waals surface area contributed by atoms with Crippen LogP contribution in [0.25, 0.3) is 0 Å². The number of hydrogen-bond acceptors (Lipinski definition) is 4. The van der Waals surface area contributed by atoms with Crippen molar-refractivity contribution in [3.8, 4) is 0 Å². The lowest BCUT2D eigenvalue weighted by atomic mass is 9.89. The standard InChI is InChI=1S/C28H37N3O2S/c1-20-8-3-6-11-23(20)26-24-13-19-34-25(24)12-16-31(26)21(2)27(32)29-14-7-15-30(18-17-29)28(33)22-9-4-5-10-22/h3,6,8,11,13,19,21-22,26H,4-5,7,9-10,12,14-18H2,1-2H3. The van der Waals surface area contributed by atoms with Crippen molar-refractivity contribution in [2.24, 2.45) is 5.92 Å². The summed E-state index contributed by atoms with van der Waals surface area (Å²) in [7, 11) is 0. The molecule has 0 bridgehead atoms. The lowest BCUT2D eigenvalue weighted by molar-refractivity contribution is -0.138. The van der Waals surface area contributed by atoms with Gasteiger partial charge >= 0.3 is 0 Å². The fourth-order valence-corrected chi connectivity index (χ4v) is 7.09. The first-order valence-electron chi connectivity index (χ1n) is 13.0. The quantitative estimate of drug-likeness (QED) is 0.642. The number of fused-ring (bicyclic) bond motifs is 1. The van der Waals surface area contributed by atoms with Crippen molar-refractivity contribution in [3.63, 3.8) is 0 Å². The van der Waals surface area contributed by atoms with Crippen LogP contribution in [-0.4, -0.2) is 65.3 Å². The highest BCUT2D eigenvalue weighted by atomic mass is 32.1. The molecule has 1 aromatic carbocycles. The van der Waals surface area contributed by atoms with E-state index in [1.807, 2.05) is 21.1 Å². The van der Waals surface area contributed by atoms with Gasteiger partial charge in [-0.2, -0.15) is 0 Å². The van der Waals surface area contributed by atoms with Crippen LogP contribution in [0, 0.1) is 12.8 Å². The summed E-state index contributed by atoms with van der Waals surface area (Å²) >= 11 is 1.84. The Bertz CT molecular complexity index is 1030. The average Bonchev–Trinajstić information content (AvgIpc) is 3.50. The van der Waals surface area contributed by atoms with Gasteiger partial charge in [0.05, 0.1) is 12.1 Å². The first-order chi connectivity index (χ1) is 16.5. The van der Waals surface area contributed by atoms with E-state index in [4.69, 9.17) is 0 Å². The third kappa shape index (κ3) is 4.55. The van der Waals surface area contributed by atoms with Crippen molar-refractivity contribution in [2.45, 2.75) is 64.5 Å². The molecule has 5 rings (SSSR count). The van der Waals surface area contributed by atoms with Gasteiger partial charge in [0.15, 0.2) is 0 Å². The molecule has 5 nitrogen and oxygen atoms in total. The lowest BCUT2D eigenvalue weighted by Crippen LogP contribution is -2.51. The van der Waals surface area contributed by atoms with Crippen molar-refractivity contribution in [1.29, 1.82) is 0 Å². The number of rotatable bonds is 4. The van der Waals surface area contributed by atoms with Gasteiger partial charge in [0.2, 0.25) is 11.8 Å². The number of aryl methyl sites for hydroxylation is 1. The molecule has 0 N–H and O–H groups in total. The zero-order valence-corrected chi connectivity index (χ0v) is 21.4.